The number of aliphatic hydroxyl groups is 1. The molecule has 0 heterocycles. The molecule has 0 amide bonds. The summed E-state index contributed by atoms with van der Waals surface area (Å²) in [6.45, 7) is 9.44. The number of phosphoric ester groups is 2. The van der Waals surface area contributed by atoms with Gasteiger partial charge in [0.25, 0.3) is 0 Å². The number of aliphatic hydroxyl groups excluding tert-OH is 1. The molecule has 0 fully saturated rings. The van der Waals surface area contributed by atoms with E-state index in [0.717, 1.165) is 121 Å². The summed E-state index contributed by atoms with van der Waals surface area (Å²) >= 11 is 0. The second kappa shape index (κ2) is 59.4. The standard InChI is InChI=1S/C67H130O17P2/c1-7-9-11-13-30-39-45-51-66(71)83-62(55-77-64(69)49-43-35-12-10-8-2)57-81-85(73,74)79-53-61(68)54-80-86(75,76)82-58-63(56-78-65(70)50-44-38-33-28-24-21-17-19-23-27-32-37-42-48-60(5)6)84-67(72)52-46-40-34-29-25-20-16-14-15-18-22-26-31-36-41-47-59(3)4/h59-63,68H,7-58H2,1-6H3,(H,73,74)(H,75,76)/t61-,62+,63+/m0/s1. The minimum Gasteiger partial charge on any atom is -0.462 e. The third-order valence-electron chi connectivity index (χ3n) is 15.5. The quantitative estimate of drug-likeness (QED) is 0.0222. The van der Waals surface area contributed by atoms with Crippen LogP contribution in [0.1, 0.15) is 337 Å². The Morgan fingerprint density at radius 3 is 0.791 bits per heavy atom. The molecule has 510 valence electrons. The molecule has 0 aromatic rings. The molecule has 0 aromatic heterocycles. The largest absolute Gasteiger partial charge is 0.472 e. The summed E-state index contributed by atoms with van der Waals surface area (Å²) in [5.41, 5.74) is 0. The van der Waals surface area contributed by atoms with Crippen molar-refractivity contribution in [1.82, 2.24) is 0 Å². The molecule has 17 nitrogen and oxygen atoms in total. The molecule has 0 spiro atoms. The first-order chi connectivity index (χ1) is 41.4. The first-order valence-corrected chi connectivity index (χ1v) is 38.0. The molecular weight excluding hydrogens is 1140 g/mol. The third kappa shape index (κ3) is 60.9. The number of phosphoric acid groups is 2. The Bertz CT molecular complexity index is 1680. The van der Waals surface area contributed by atoms with Gasteiger partial charge in [-0.05, 0) is 37.5 Å². The minimum atomic E-state index is -4.95. The van der Waals surface area contributed by atoms with Crippen molar-refractivity contribution in [2.75, 3.05) is 39.6 Å². The lowest BCUT2D eigenvalue weighted by molar-refractivity contribution is -0.161. The summed E-state index contributed by atoms with van der Waals surface area (Å²) in [4.78, 5) is 72.0. The summed E-state index contributed by atoms with van der Waals surface area (Å²) in [6.07, 6.45) is 43.6. The lowest BCUT2D eigenvalue weighted by Gasteiger charge is -2.21. The number of hydrogen-bond donors (Lipinski definition) is 3. The number of hydrogen-bond acceptors (Lipinski definition) is 15. The van der Waals surface area contributed by atoms with Gasteiger partial charge in [0.15, 0.2) is 12.2 Å². The minimum absolute atomic E-state index is 0.103. The van der Waals surface area contributed by atoms with E-state index in [-0.39, 0.29) is 25.7 Å². The van der Waals surface area contributed by atoms with Crippen LogP contribution in [-0.2, 0) is 65.4 Å². The average molecular weight is 1270 g/mol. The fourth-order valence-electron chi connectivity index (χ4n) is 10.1. The van der Waals surface area contributed by atoms with Crippen molar-refractivity contribution in [2.45, 2.75) is 355 Å². The van der Waals surface area contributed by atoms with Crippen LogP contribution in [0.2, 0.25) is 0 Å². The molecule has 0 rings (SSSR count). The van der Waals surface area contributed by atoms with Crippen molar-refractivity contribution < 1.29 is 80.2 Å². The third-order valence-corrected chi connectivity index (χ3v) is 17.4. The molecule has 3 N–H and O–H groups in total. The predicted molar refractivity (Wildman–Crippen MR) is 345 cm³/mol. The zero-order valence-corrected chi connectivity index (χ0v) is 57.4. The van der Waals surface area contributed by atoms with E-state index in [2.05, 4.69) is 41.5 Å². The van der Waals surface area contributed by atoms with E-state index in [0.29, 0.717) is 25.7 Å². The zero-order chi connectivity index (χ0) is 63.6. The molecule has 2 unspecified atom stereocenters. The van der Waals surface area contributed by atoms with Gasteiger partial charge < -0.3 is 33.8 Å². The van der Waals surface area contributed by atoms with Gasteiger partial charge in [-0.25, -0.2) is 9.13 Å². The van der Waals surface area contributed by atoms with Crippen LogP contribution in [0.3, 0.4) is 0 Å². The van der Waals surface area contributed by atoms with Crippen molar-refractivity contribution in [3.8, 4) is 0 Å². The van der Waals surface area contributed by atoms with E-state index in [1.54, 1.807) is 0 Å². The molecule has 0 aliphatic heterocycles. The average Bonchev–Trinajstić information content (AvgIpc) is 3.62. The molecule has 0 bridgehead atoms. The topological polar surface area (TPSA) is 237 Å². The van der Waals surface area contributed by atoms with Crippen LogP contribution in [0, 0.1) is 11.8 Å². The lowest BCUT2D eigenvalue weighted by Crippen LogP contribution is -2.30. The maximum Gasteiger partial charge on any atom is 0.472 e. The van der Waals surface area contributed by atoms with E-state index in [1.807, 2.05) is 0 Å². The summed E-state index contributed by atoms with van der Waals surface area (Å²) in [6, 6.07) is 0. The Morgan fingerprint density at radius 1 is 0.314 bits per heavy atom. The smallest absolute Gasteiger partial charge is 0.462 e. The van der Waals surface area contributed by atoms with Crippen molar-refractivity contribution in [1.29, 1.82) is 0 Å². The molecule has 0 aliphatic carbocycles. The van der Waals surface area contributed by atoms with Gasteiger partial charge in [-0.3, -0.25) is 37.3 Å². The van der Waals surface area contributed by atoms with Crippen molar-refractivity contribution in [2.24, 2.45) is 11.8 Å². The van der Waals surface area contributed by atoms with Crippen molar-refractivity contribution in [3.63, 3.8) is 0 Å². The summed E-state index contributed by atoms with van der Waals surface area (Å²) in [5, 5.41) is 10.5. The highest BCUT2D eigenvalue weighted by Crippen LogP contribution is 2.45. The Kier molecular flexibility index (Phi) is 58.0. The van der Waals surface area contributed by atoms with E-state index in [1.165, 1.54) is 135 Å². The van der Waals surface area contributed by atoms with Gasteiger partial charge in [-0.1, -0.05) is 286 Å². The fourth-order valence-corrected chi connectivity index (χ4v) is 11.6. The maximum atomic E-state index is 13.0. The number of unbranched alkanes of at least 4 members (excludes halogenated alkanes) is 36. The van der Waals surface area contributed by atoms with Crippen molar-refractivity contribution >= 4 is 39.5 Å². The second-order valence-electron chi connectivity index (χ2n) is 25.2. The Labute approximate surface area is 524 Å². The van der Waals surface area contributed by atoms with Gasteiger partial charge in [0.1, 0.15) is 19.3 Å². The van der Waals surface area contributed by atoms with E-state index >= 15 is 0 Å². The Morgan fingerprint density at radius 2 is 0.535 bits per heavy atom. The highest BCUT2D eigenvalue weighted by molar-refractivity contribution is 7.47. The van der Waals surface area contributed by atoms with Crippen LogP contribution in [0.15, 0.2) is 0 Å². The summed E-state index contributed by atoms with van der Waals surface area (Å²) in [5.74, 6) is -0.551. The zero-order valence-electron chi connectivity index (χ0n) is 55.6. The van der Waals surface area contributed by atoms with Crippen molar-refractivity contribution in [3.05, 3.63) is 0 Å². The molecule has 0 saturated carbocycles. The van der Waals surface area contributed by atoms with Crippen LogP contribution in [0.25, 0.3) is 0 Å². The molecule has 86 heavy (non-hydrogen) atoms. The maximum absolute atomic E-state index is 13.0. The van der Waals surface area contributed by atoms with Gasteiger partial charge in [0.2, 0.25) is 0 Å². The van der Waals surface area contributed by atoms with Crippen LogP contribution in [0.4, 0.5) is 0 Å². The molecule has 0 aromatic carbocycles. The van der Waals surface area contributed by atoms with Gasteiger partial charge in [-0.2, -0.15) is 0 Å². The van der Waals surface area contributed by atoms with E-state index in [9.17, 15) is 43.2 Å². The van der Waals surface area contributed by atoms with E-state index < -0.39 is 97.5 Å². The Hall–Kier alpha value is -1.94. The number of carbonyl (C=O) groups excluding carboxylic acids is 4. The highest BCUT2D eigenvalue weighted by atomic mass is 31.2. The van der Waals surface area contributed by atoms with Crippen LogP contribution in [0.5, 0.6) is 0 Å². The second-order valence-corrected chi connectivity index (χ2v) is 28.1. The molecule has 0 aliphatic rings. The molecule has 0 radical (unpaired) electrons. The fraction of sp³-hybridized carbons (Fsp3) is 0.940. The number of esters is 4. The molecule has 0 saturated heterocycles. The van der Waals surface area contributed by atoms with Crippen LogP contribution < -0.4 is 0 Å². The number of rotatable bonds is 66. The normalized spacial score (nSPS) is 14.2. The predicted octanol–water partition coefficient (Wildman–Crippen LogP) is 18.8. The summed E-state index contributed by atoms with van der Waals surface area (Å²) in [7, 11) is -9.88. The van der Waals surface area contributed by atoms with Gasteiger partial charge in [0.05, 0.1) is 26.4 Å². The van der Waals surface area contributed by atoms with Gasteiger partial charge in [-0.15, -0.1) is 0 Å². The van der Waals surface area contributed by atoms with E-state index in [4.69, 9.17) is 37.0 Å². The first kappa shape index (κ1) is 84.1. The van der Waals surface area contributed by atoms with Gasteiger partial charge >= 0.3 is 39.5 Å². The lowest BCUT2D eigenvalue weighted by atomic mass is 10.0. The SMILES string of the molecule is CCCCCCCCCC(=O)O[C@H](COC(=O)CCCCCCC)COP(=O)(O)OC[C@H](O)COP(=O)(O)OC[C@@H](COC(=O)CCCCCCCCCCCCCCCC(C)C)OC(=O)CCCCCCCCCCCCCCCCCC(C)C. The first-order valence-electron chi connectivity index (χ1n) is 35.0. The summed E-state index contributed by atoms with van der Waals surface area (Å²) < 4.78 is 67.8. The number of ether oxygens (including phenoxy) is 4. The molecule has 19 heteroatoms. The molecule has 5 atom stereocenters. The van der Waals surface area contributed by atoms with Crippen LogP contribution >= 0.6 is 15.6 Å². The molecular formula is C67H130O17P2. The highest BCUT2D eigenvalue weighted by Gasteiger charge is 2.30. The number of carbonyl (C=O) groups is 4. The monoisotopic (exact) mass is 1270 g/mol. The Balaban J connectivity index is 5.12. The van der Waals surface area contributed by atoms with Crippen LogP contribution in [-0.4, -0.2) is 96.7 Å². The van der Waals surface area contributed by atoms with Gasteiger partial charge in [0, 0.05) is 25.7 Å².